The molecule has 1 aliphatic heterocycles. The molecule has 1 aromatic carbocycles. The van der Waals surface area contributed by atoms with Crippen molar-refractivity contribution in [1.29, 1.82) is 0 Å². The van der Waals surface area contributed by atoms with Gasteiger partial charge in [0.15, 0.2) is 0 Å². The Kier molecular flexibility index (Phi) is 4.72. The molecule has 1 saturated heterocycles. The smallest absolute Gasteiger partial charge is 0.0657 e. The van der Waals surface area contributed by atoms with Crippen LogP contribution in [0.15, 0.2) is 18.2 Å². The van der Waals surface area contributed by atoms with Gasteiger partial charge in [-0.1, -0.05) is 18.0 Å². The highest BCUT2D eigenvalue weighted by molar-refractivity contribution is 6.33. The second-order valence-corrected chi connectivity index (χ2v) is 5.47. The van der Waals surface area contributed by atoms with Crippen molar-refractivity contribution in [2.45, 2.75) is 32.2 Å². The number of halogens is 1. The van der Waals surface area contributed by atoms with Crippen LogP contribution in [0.4, 0.5) is 11.4 Å². The number of piperidine rings is 1. The van der Waals surface area contributed by atoms with Crippen molar-refractivity contribution in [3.8, 4) is 0 Å². The number of nitrogen functional groups attached to an aromatic ring is 1. The zero-order valence-electron chi connectivity index (χ0n) is 11.0. The third kappa shape index (κ3) is 3.53. The van der Waals surface area contributed by atoms with Crippen LogP contribution in [0.25, 0.3) is 0 Å². The van der Waals surface area contributed by atoms with Crippen LogP contribution in [-0.4, -0.2) is 30.6 Å². The molecular formula is C14H22ClN3. The van der Waals surface area contributed by atoms with Gasteiger partial charge in [0, 0.05) is 18.3 Å². The van der Waals surface area contributed by atoms with Gasteiger partial charge in [0.25, 0.3) is 0 Å². The van der Waals surface area contributed by atoms with Crippen molar-refractivity contribution < 1.29 is 0 Å². The molecule has 1 aromatic rings. The van der Waals surface area contributed by atoms with E-state index in [1.807, 2.05) is 12.1 Å². The van der Waals surface area contributed by atoms with E-state index in [0.29, 0.717) is 16.8 Å². The fourth-order valence-corrected chi connectivity index (χ4v) is 2.68. The quantitative estimate of drug-likeness (QED) is 0.823. The molecule has 0 aromatic heterocycles. The third-order valence-corrected chi connectivity index (χ3v) is 3.91. The SMILES string of the molecule is CC(CNc1ccc(N)cc1Cl)N1CCCCC1. The first-order valence-electron chi connectivity index (χ1n) is 6.70. The molecular weight excluding hydrogens is 246 g/mol. The summed E-state index contributed by atoms with van der Waals surface area (Å²) in [5.74, 6) is 0. The summed E-state index contributed by atoms with van der Waals surface area (Å²) in [7, 11) is 0. The minimum absolute atomic E-state index is 0.541. The van der Waals surface area contributed by atoms with Gasteiger partial charge in [0.1, 0.15) is 0 Å². The summed E-state index contributed by atoms with van der Waals surface area (Å²) in [5, 5.41) is 4.10. The molecule has 0 radical (unpaired) electrons. The van der Waals surface area contributed by atoms with Crippen LogP contribution < -0.4 is 11.1 Å². The van der Waals surface area contributed by atoms with Crippen LogP contribution >= 0.6 is 11.6 Å². The lowest BCUT2D eigenvalue weighted by Gasteiger charge is -2.32. The van der Waals surface area contributed by atoms with Crippen LogP contribution in [-0.2, 0) is 0 Å². The molecule has 1 heterocycles. The standard InChI is InChI=1S/C14H22ClN3/c1-11(18-7-3-2-4-8-18)10-17-14-6-5-12(16)9-13(14)15/h5-6,9,11,17H,2-4,7-8,10,16H2,1H3. The van der Waals surface area contributed by atoms with Crippen molar-refractivity contribution in [3.63, 3.8) is 0 Å². The Morgan fingerprint density at radius 1 is 1.33 bits per heavy atom. The number of nitrogens with zero attached hydrogens (tertiary/aromatic N) is 1. The van der Waals surface area contributed by atoms with Crippen LogP contribution in [0, 0.1) is 0 Å². The van der Waals surface area contributed by atoms with Crippen molar-refractivity contribution in [2.24, 2.45) is 0 Å². The number of hydrogen-bond donors (Lipinski definition) is 2. The Labute approximate surface area is 114 Å². The maximum absolute atomic E-state index is 6.14. The molecule has 0 spiro atoms. The van der Waals surface area contributed by atoms with Crippen molar-refractivity contribution >= 4 is 23.0 Å². The predicted octanol–water partition coefficient (Wildman–Crippen LogP) is 3.21. The zero-order valence-corrected chi connectivity index (χ0v) is 11.7. The monoisotopic (exact) mass is 267 g/mol. The fourth-order valence-electron chi connectivity index (χ4n) is 2.42. The first-order chi connectivity index (χ1) is 8.66. The van der Waals surface area contributed by atoms with Gasteiger partial charge in [-0.3, -0.25) is 4.90 Å². The van der Waals surface area contributed by atoms with E-state index >= 15 is 0 Å². The molecule has 4 heteroatoms. The molecule has 1 atom stereocenters. The molecule has 1 fully saturated rings. The number of benzene rings is 1. The first kappa shape index (κ1) is 13.5. The van der Waals surface area contributed by atoms with Crippen molar-refractivity contribution in [3.05, 3.63) is 23.2 Å². The number of rotatable bonds is 4. The second-order valence-electron chi connectivity index (χ2n) is 5.07. The zero-order chi connectivity index (χ0) is 13.0. The highest BCUT2D eigenvalue weighted by Crippen LogP contribution is 2.24. The number of anilines is 2. The number of hydrogen-bond acceptors (Lipinski definition) is 3. The van der Waals surface area contributed by atoms with Gasteiger partial charge in [-0.05, 0) is 51.1 Å². The van der Waals surface area contributed by atoms with E-state index in [2.05, 4.69) is 17.1 Å². The second kappa shape index (κ2) is 6.30. The molecule has 3 N–H and O–H groups in total. The highest BCUT2D eigenvalue weighted by atomic mass is 35.5. The van der Waals surface area contributed by atoms with E-state index in [4.69, 9.17) is 17.3 Å². The lowest BCUT2D eigenvalue weighted by atomic mass is 10.1. The van der Waals surface area contributed by atoms with Gasteiger partial charge in [0.05, 0.1) is 10.7 Å². The molecule has 0 bridgehead atoms. The van der Waals surface area contributed by atoms with Crippen LogP contribution in [0.1, 0.15) is 26.2 Å². The summed E-state index contributed by atoms with van der Waals surface area (Å²) >= 11 is 6.14. The molecule has 3 nitrogen and oxygen atoms in total. The lowest BCUT2D eigenvalue weighted by Crippen LogP contribution is -2.41. The number of nitrogens with two attached hydrogens (primary N) is 1. The predicted molar refractivity (Wildman–Crippen MR) is 79.2 cm³/mol. The summed E-state index contributed by atoms with van der Waals surface area (Å²) in [6.07, 6.45) is 4.03. The summed E-state index contributed by atoms with van der Waals surface area (Å²) in [6.45, 7) is 5.63. The Morgan fingerprint density at radius 2 is 2.06 bits per heavy atom. The molecule has 0 amide bonds. The summed E-state index contributed by atoms with van der Waals surface area (Å²) in [4.78, 5) is 2.54. The Morgan fingerprint density at radius 3 is 2.72 bits per heavy atom. The van der Waals surface area contributed by atoms with Gasteiger partial charge in [-0.25, -0.2) is 0 Å². The minimum atomic E-state index is 0.541. The van der Waals surface area contributed by atoms with Gasteiger partial charge >= 0.3 is 0 Å². The average molecular weight is 268 g/mol. The normalized spacial score (nSPS) is 18.6. The van der Waals surface area contributed by atoms with Gasteiger partial charge in [-0.2, -0.15) is 0 Å². The molecule has 0 aliphatic carbocycles. The maximum Gasteiger partial charge on any atom is 0.0657 e. The molecule has 18 heavy (non-hydrogen) atoms. The minimum Gasteiger partial charge on any atom is -0.399 e. The average Bonchev–Trinajstić information content (AvgIpc) is 2.38. The topological polar surface area (TPSA) is 41.3 Å². The van der Waals surface area contributed by atoms with E-state index in [-0.39, 0.29) is 0 Å². The largest absolute Gasteiger partial charge is 0.399 e. The Balaban J connectivity index is 1.86. The van der Waals surface area contributed by atoms with E-state index in [9.17, 15) is 0 Å². The summed E-state index contributed by atoms with van der Waals surface area (Å²) in [5.41, 5.74) is 7.35. The maximum atomic E-state index is 6.14. The van der Waals surface area contributed by atoms with Gasteiger partial charge < -0.3 is 11.1 Å². The Hall–Kier alpha value is -0.930. The van der Waals surface area contributed by atoms with Crippen LogP contribution in [0.5, 0.6) is 0 Å². The highest BCUT2D eigenvalue weighted by Gasteiger charge is 2.16. The number of nitrogens with one attached hydrogen (secondary N) is 1. The molecule has 2 rings (SSSR count). The summed E-state index contributed by atoms with van der Waals surface area (Å²) < 4.78 is 0. The van der Waals surface area contributed by atoms with E-state index in [1.165, 1.54) is 32.4 Å². The van der Waals surface area contributed by atoms with Crippen molar-refractivity contribution in [1.82, 2.24) is 4.90 Å². The van der Waals surface area contributed by atoms with E-state index in [1.54, 1.807) is 6.07 Å². The first-order valence-corrected chi connectivity index (χ1v) is 7.07. The van der Waals surface area contributed by atoms with Crippen LogP contribution in [0.3, 0.4) is 0 Å². The van der Waals surface area contributed by atoms with Gasteiger partial charge in [-0.15, -0.1) is 0 Å². The molecule has 1 unspecified atom stereocenters. The Bertz CT molecular complexity index is 389. The van der Waals surface area contributed by atoms with E-state index in [0.717, 1.165) is 12.2 Å². The molecule has 100 valence electrons. The molecule has 0 saturated carbocycles. The number of likely N-dealkylation sites (tertiary alicyclic amines) is 1. The third-order valence-electron chi connectivity index (χ3n) is 3.60. The van der Waals surface area contributed by atoms with Gasteiger partial charge in [0.2, 0.25) is 0 Å². The van der Waals surface area contributed by atoms with E-state index < -0.39 is 0 Å². The molecule has 1 aliphatic rings. The fraction of sp³-hybridized carbons (Fsp3) is 0.571. The lowest BCUT2D eigenvalue weighted by molar-refractivity contribution is 0.180. The van der Waals surface area contributed by atoms with Crippen LogP contribution in [0.2, 0.25) is 5.02 Å². The summed E-state index contributed by atoms with van der Waals surface area (Å²) in [6, 6.07) is 6.15. The van der Waals surface area contributed by atoms with Crippen molar-refractivity contribution in [2.75, 3.05) is 30.7 Å².